The largest absolute Gasteiger partial charge is 0.338 e. The lowest BCUT2D eigenvalue weighted by Gasteiger charge is -2.29. The SMILES string of the molecule is CCCn1c(SC(C)C(=O)N(CC)C2CCS(=O)(=O)C2)nnc1-c1ccncc1. The summed E-state index contributed by atoms with van der Waals surface area (Å²) in [6, 6.07) is 3.54. The Morgan fingerprint density at radius 2 is 2.03 bits per heavy atom. The number of hydrogen-bond acceptors (Lipinski definition) is 7. The minimum absolute atomic E-state index is 0.0577. The van der Waals surface area contributed by atoms with E-state index in [1.54, 1.807) is 17.3 Å². The number of sulfone groups is 1. The average molecular weight is 438 g/mol. The van der Waals surface area contributed by atoms with Crippen LogP contribution in [0, 0.1) is 0 Å². The van der Waals surface area contributed by atoms with Crippen LogP contribution < -0.4 is 0 Å². The summed E-state index contributed by atoms with van der Waals surface area (Å²) in [7, 11) is -3.04. The lowest BCUT2D eigenvalue weighted by atomic mass is 10.2. The molecule has 0 aromatic carbocycles. The normalized spacial score (nSPS) is 19.2. The number of carbonyl (C=O) groups excluding carboxylic acids is 1. The molecule has 3 heterocycles. The van der Waals surface area contributed by atoms with Crippen molar-refractivity contribution in [1.29, 1.82) is 0 Å². The molecule has 158 valence electrons. The minimum atomic E-state index is -3.04. The van der Waals surface area contributed by atoms with E-state index in [1.807, 2.05) is 30.5 Å². The van der Waals surface area contributed by atoms with Gasteiger partial charge in [-0.2, -0.15) is 0 Å². The molecular formula is C19H27N5O3S2. The number of carbonyl (C=O) groups is 1. The molecule has 1 fully saturated rings. The molecule has 29 heavy (non-hydrogen) atoms. The number of thioether (sulfide) groups is 1. The maximum absolute atomic E-state index is 13.1. The quantitative estimate of drug-likeness (QED) is 0.584. The van der Waals surface area contributed by atoms with Gasteiger partial charge in [0.2, 0.25) is 5.91 Å². The number of pyridine rings is 1. The summed E-state index contributed by atoms with van der Waals surface area (Å²) in [6.07, 6.45) is 4.85. The first-order valence-electron chi connectivity index (χ1n) is 9.87. The van der Waals surface area contributed by atoms with Crippen LogP contribution >= 0.6 is 11.8 Å². The number of rotatable bonds is 8. The van der Waals surface area contributed by atoms with Crippen LogP contribution in [0.15, 0.2) is 29.7 Å². The van der Waals surface area contributed by atoms with Crippen molar-refractivity contribution in [3.8, 4) is 11.4 Å². The molecule has 2 aromatic heterocycles. The average Bonchev–Trinajstić information content (AvgIpc) is 3.26. The van der Waals surface area contributed by atoms with Crippen molar-refractivity contribution in [2.45, 2.75) is 56.6 Å². The highest BCUT2D eigenvalue weighted by atomic mass is 32.2. The molecular weight excluding hydrogens is 410 g/mol. The standard InChI is InChI=1S/C19H27N5O3S2/c1-4-11-24-17(15-6-9-20-10-7-15)21-22-19(24)28-14(3)18(25)23(5-2)16-8-12-29(26,27)13-16/h6-7,9-10,14,16H,4-5,8,11-13H2,1-3H3. The van der Waals surface area contributed by atoms with Crippen LogP contribution in [0.5, 0.6) is 0 Å². The van der Waals surface area contributed by atoms with E-state index in [1.165, 1.54) is 11.8 Å². The van der Waals surface area contributed by atoms with Crippen LogP contribution in [-0.4, -0.2) is 68.3 Å². The number of amides is 1. The van der Waals surface area contributed by atoms with E-state index in [9.17, 15) is 13.2 Å². The van der Waals surface area contributed by atoms with Gasteiger partial charge < -0.3 is 9.47 Å². The maximum atomic E-state index is 13.1. The van der Waals surface area contributed by atoms with Crippen molar-refractivity contribution in [3.05, 3.63) is 24.5 Å². The molecule has 0 bridgehead atoms. The third-order valence-corrected chi connectivity index (χ3v) is 7.82. The smallest absolute Gasteiger partial charge is 0.236 e. The predicted octanol–water partition coefficient (Wildman–Crippen LogP) is 2.27. The molecule has 1 amide bonds. The van der Waals surface area contributed by atoms with Crippen molar-refractivity contribution < 1.29 is 13.2 Å². The highest BCUT2D eigenvalue weighted by molar-refractivity contribution is 8.00. The van der Waals surface area contributed by atoms with E-state index in [0.29, 0.717) is 18.1 Å². The molecule has 8 nitrogen and oxygen atoms in total. The summed E-state index contributed by atoms with van der Waals surface area (Å²) in [5.41, 5.74) is 0.929. The van der Waals surface area contributed by atoms with Crippen LogP contribution in [0.2, 0.25) is 0 Å². The summed E-state index contributed by atoms with van der Waals surface area (Å²) in [5.74, 6) is 0.910. The summed E-state index contributed by atoms with van der Waals surface area (Å²) in [5, 5.41) is 8.97. The lowest BCUT2D eigenvalue weighted by molar-refractivity contribution is -0.131. The van der Waals surface area contributed by atoms with Gasteiger partial charge in [-0.05, 0) is 38.8 Å². The fourth-order valence-electron chi connectivity index (χ4n) is 3.57. The molecule has 10 heteroatoms. The first kappa shape index (κ1) is 21.8. The second-order valence-corrected chi connectivity index (χ2v) is 10.7. The van der Waals surface area contributed by atoms with Crippen molar-refractivity contribution >= 4 is 27.5 Å². The molecule has 3 rings (SSSR count). The van der Waals surface area contributed by atoms with Crippen LogP contribution in [0.4, 0.5) is 0 Å². The summed E-state index contributed by atoms with van der Waals surface area (Å²) < 4.78 is 25.7. The van der Waals surface area contributed by atoms with Gasteiger partial charge in [0.25, 0.3) is 0 Å². The first-order valence-corrected chi connectivity index (χ1v) is 12.6. The van der Waals surface area contributed by atoms with Gasteiger partial charge in [-0.25, -0.2) is 8.42 Å². The van der Waals surface area contributed by atoms with E-state index in [-0.39, 0.29) is 28.7 Å². The van der Waals surface area contributed by atoms with E-state index in [2.05, 4.69) is 22.1 Å². The molecule has 2 aromatic rings. The van der Waals surface area contributed by atoms with Gasteiger partial charge in [0, 0.05) is 37.1 Å². The summed E-state index contributed by atoms with van der Waals surface area (Å²) >= 11 is 1.37. The second-order valence-electron chi connectivity index (χ2n) is 7.13. The molecule has 1 aliphatic rings. The Kier molecular flexibility index (Phi) is 6.94. The van der Waals surface area contributed by atoms with Crippen molar-refractivity contribution in [2.24, 2.45) is 0 Å². The van der Waals surface area contributed by atoms with Crippen LogP contribution in [0.25, 0.3) is 11.4 Å². The number of nitrogens with zero attached hydrogens (tertiary/aromatic N) is 5. The van der Waals surface area contributed by atoms with E-state index < -0.39 is 9.84 Å². The zero-order chi connectivity index (χ0) is 21.0. The van der Waals surface area contributed by atoms with Gasteiger partial charge in [-0.15, -0.1) is 10.2 Å². The molecule has 2 atom stereocenters. The molecule has 0 saturated carbocycles. The molecule has 0 spiro atoms. The van der Waals surface area contributed by atoms with Crippen molar-refractivity contribution in [2.75, 3.05) is 18.1 Å². The highest BCUT2D eigenvalue weighted by Crippen LogP contribution is 2.29. The lowest BCUT2D eigenvalue weighted by Crippen LogP contribution is -2.44. The Bertz CT molecular complexity index is 946. The maximum Gasteiger partial charge on any atom is 0.236 e. The monoisotopic (exact) mass is 437 g/mol. The predicted molar refractivity (Wildman–Crippen MR) is 113 cm³/mol. The number of hydrogen-bond donors (Lipinski definition) is 0. The Hall–Kier alpha value is -1.94. The molecule has 1 aliphatic heterocycles. The first-order chi connectivity index (χ1) is 13.9. The van der Waals surface area contributed by atoms with Gasteiger partial charge in [0.15, 0.2) is 20.8 Å². The minimum Gasteiger partial charge on any atom is -0.338 e. The fourth-order valence-corrected chi connectivity index (χ4v) is 6.25. The van der Waals surface area contributed by atoms with Crippen LogP contribution in [0.1, 0.15) is 33.6 Å². The van der Waals surface area contributed by atoms with Crippen LogP contribution in [-0.2, 0) is 21.2 Å². The van der Waals surface area contributed by atoms with Gasteiger partial charge in [0.1, 0.15) is 0 Å². The molecule has 0 N–H and O–H groups in total. The summed E-state index contributed by atoms with van der Waals surface area (Å²) in [4.78, 5) is 18.8. The van der Waals surface area contributed by atoms with Crippen molar-refractivity contribution in [3.63, 3.8) is 0 Å². The molecule has 2 unspecified atom stereocenters. The van der Waals surface area contributed by atoms with Crippen LogP contribution in [0.3, 0.4) is 0 Å². The van der Waals surface area contributed by atoms with Gasteiger partial charge >= 0.3 is 0 Å². The second kappa shape index (κ2) is 9.25. The Morgan fingerprint density at radius 1 is 1.31 bits per heavy atom. The third-order valence-electron chi connectivity index (χ3n) is 5.01. The highest BCUT2D eigenvalue weighted by Gasteiger charge is 2.35. The molecule has 1 saturated heterocycles. The summed E-state index contributed by atoms with van der Waals surface area (Å²) in [6.45, 7) is 7.05. The van der Waals surface area contributed by atoms with Gasteiger partial charge in [-0.3, -0.25) is 9.78 Å². The third kappa shape index (κ3) is 4.98. The Balaban J connectivity index is 1.78. The Labute approximate surface area is 176 Å². The topological polar surface area (TPSA) is 98.1 Å². The van der Waals surface area contributed by atoms with E-state index >= 15 is 0 Å². The zero-order valence-corrected chi connectivity index (χ0v) is 18.6. The Morgan fingerprint density at radius 3 is 2.62 bits per heavy atom. The molecule has 0 aliphatic carbocycles. The zero-order valence-electron chi connectivity index (χ0n) is 17.0. The van der Waals surface area contributed by atoms with Crippen molar-refractivity contribution in [1.82, 2.24) is 24.6 Å². The van der Waals surface area contributed by atoms with Gasteiger partial charge in [0.05, 0.1) is 16.8 Å². The van der Waals surface area contributed by atoms with E-state index in [4.69, 9.17) is 0 Å². The van der Waals surface area contributed by atoms with Gasteiger partial charge in [-0.1, -0.05) is 18.7 Å². The molecule has 0 radical (unpaired) electrons. The van der Waals surface area contributed by atoms with E-state index in [0.717, 1.165) is 24.4 Å². The number of aromatic nitrogens is 4. The fraction of sp³-hybridized carbons (Fsp3) is 0.579.